The number of benzene rings is 1. The van der Waals surface area contributed by atoms with Crippen molar-refractivity contribution in [2.45, 2.75) is 12.5 Å². The van der Waals surface area contributed by atoms with E-state index < -0.39 is 5.97 Å². The maximum Gasteiger partial charge on any atom is 0.335 e. The van der Waals surface area contributed by atoms with Crippen LogP contribution in [0.15, 0.2) is 24.5 Å². The Morgan fingerprint density at radius 3 is 2.89 bits per heavy atom. The van der Waals surface area contributed by atoms with Gasteiger partial charge in [-0.05, 0) is 24.6 Å². The van der Waals surface area contributed by atoms with Gasteiger partial charge in [0.05, 0.1) is 17.2 Å². The summed E-state index contributed by atoms with van der Waals surface area (Å²) in [5.41, 5.74) is 0.810. The van der Waals surface area contributed by atoms with Gasteiger partial charge in [-0.3, -0.25) is 0 Å². The van der Waals surface area contributed by atoms with Gasteiger partial charge < -0.3 is 15.1 Å². The van der Waals surface area contributed by atoms with Gasteiger partial charge in [-0.25, -0.2) is 14.8 Å². The molecule has 1 aliphatic rings. The van der Waals surface area contributed by atoms with E-state index in [4.69, 9.17) is 5.11 Å². The normalized spacial score (nSPS) is 19.0. The van der Waals surface area contributed by atoms with E-state index in [1.807, 2.05) is 4.90 Å². The van der Waals surface area contributed by atoms with Gasteiger partial charge in [0.25, 0.3) is 0 Å². The molecule has 0 amide bonds. The number of aliphatic hydroxyl groups is 1. The van der Waals surface area contributed by atoms with Crippen LogP contribution in [0.3, 0.4) is 0 Å². The molecule has 6 nitrogen and oxygen atoms in total. The first-order valence-corrected chi connectivity index (χ1v) is 6.06. The predicted molar refractivity (Wildman–Crippen MR) is 69.3 cm³/mol. The number of hydrogen-bond donors (Lipinski definition) is 2. The number of rotatable bonds is 2. The van der Waals surface area contributed by atoms with Crippen LogP contribution in [-0.2, 0) is 0 Å². The number of anilines is 1. The largest absolute Gasteiger partial charge is 0.478 e. The number of nitrogens with zero attached hydrogens (tertiary/aromatic N) is 3. The van der Waals surface area contributed by atoms with Crippen LogP contribution in [0.1, 0.15) is 16.8 Å². The number of β-amino-alcohol motifs (C(OH)–C–C–N with tert-alkyl or cyclic N) is 1. The lowest BCUT2D eigenvalue weighted by molar-refractivity contribution is 0.0697. The van der Waals surface area contributed by atoms with Crippen molar-refractivity contribution in [3.8, 4) is 0 Å². The Balaban J connectivity index is 2.08. The highest BCUT2D eigenvalue weighted by molar-refractivity contribution is 5.96. The molecule has 1 aliphatic heterocycles. The van der Waals surface area contributed by atoms with E-state index in [2.05, 4.69) is 9.97 Å². The molecule has 0 bridgehead atoms. The summed E-state index contributed by atoms with van der Waals surface area (Å²) in [6.07, 6.45) is 1.82. The van der Waals surface area contributed by atoms with E-state index in [9.17, 15) is 9.90 Å². The second-order valence-corrected chi connectivity index (χ2v) is 4.62. The molecule has 1 atom stereocenters. The Morgan fingerprint density at radius 1 is 1.37 bits per heavy atom. The third-order valence-corrected chi connectivity index (χ3v) is 3.33. The summed E-state index contributed by atoms with van der Waals surface area (Å²) >= 11 is 0. The van der Waals surface area contributed by atoms with Gasteiger partial charge in [0.1, 0.15) is 12.1 Å². The molecule has 1 unspecified atom stereocenters. The van der Waals surface area contributed by atoms with Crippen molar-refractivity contribution in [2.24, 2.45) is 0 Å². The monoisotopic (exact) mass is 259 g/mol. The Bertz CT molecular complexity index is 644. The first-order chi connectivity index (χ1) is 9.15. The fourth-order valence-electron chi connectivity index (χ4n) is 2.36. The van der Waals surface area contributed by atoms with Gasteiger partial charge in [0.2, 0.25) is 0 Å². The molecule has 6 heteroatoms. The number of carboxylic acids is 1. The Labute approximate surface area is 109 Å². The molecular weight excluding hydrogens is 246 g/mol. The second kappa shape index (κ2) is 4.47. The lowest BCUT2D eigenvalue weighted by Crippen LogP contribution is -2.22. The molecule has 98 valence electrons. The minimum absolute atomic E-state index is 0.207. The Hall–Kier alpha value is -2.21. The van der Waals surface area contributed by atoms with Crippen LogP contribution < -0.4 is 4.90 Å². The van der Waals surface area contributed by atoms with Crippen molar-refractivity contribution in [3.05, 3.63) is 30.1 Å². The molecule has 0 aliphatic carbocycles. The van der Waals surface area contributed by atoms with Crippen LogP contribution in [0.25, 0.3) is 10.9 Å². The molecule has 1 aromatic heterocycles. The summed E-state index contributed by atoms with van der Waals surface area (Å²) in [5.74, 6) is -0.225. The number of carboxylic acid groups (broad SMARTS) is 1. The number of fused-ring (bicyclic) bond motifs is 1. The van der Waals surface area contributed by atoms with E-state index in [0.717, 1.165) is 24.2 Å². The summed E-state index contributed by atoms with van der Waals surface area (Å²) < 4.78 is 0. The first kappa shape index (κ1) is 11.9. The van der Waals surface area contributed by atoms with Gasteiger partial charge >= 0.3 is 5.97 Å². The minimum Gasteiger partial charge on any atom is -0.478 e. The average Bonchev–Trinajstić information content (AvgIpc) is 2.84. The molecule has 0 saturated carbocycles. The van der Waals surface area contributed by atoms with Crippen LogP contribution in [0.2, 0.25) is 0 Å². The lowest BCUT2D eigenvalue weighted by Gasteiger charge is -2.18. The molecule has 1 fully saturated rings. The Kier molecular flexibility index (Phi) is 2.79. The SMILES string of the molecule is O=C(O)c1ccc2c(N3CCC(O)C3)ncnc2c1. The highest BCUT2D eigenvalue weighted by Gasteiger charge is 2.23. The first-order valence-electron chi connectivity index (χ1n) is 6.06. The summed E-state index contributed by atoms with van der Waals surface area (Å²) in [6.45, 7) is 1.29. The molecular formula is C13H13N3O3. The smallest absolute Gasteiger partial charge is 0.335 e. The van der Waals surface area contributed by atoms with Gasteiger partial charge in [-0.1, -0.05) is 0 Å². The van der Waals surface area contributed by atoms with Gasteiger partial charge in [0.15, 0.2) is 0 Å². The van der Waals surface area contributed by atoms with Crippen LogP contribution in [0.4, 0.5) is 5.82 Å². The summed E-state index contributed by atoms with van der Waals surface area (Å²) in [6, 6.07) is 4.80. The van der Waals surface area contributed by atoms with Crippen LogP contribution in [0, 0.1) is 0 Å². The topological polar surface area (TPSA) is 86.5 Å². The van der Waals surface area contributed by atoms with E-state index in [1.54, 1.807) is 12.1 Å². The third kappa shape index (κ3) is 2.10. The van der Waals surface area contributed by atoms with Crippen molar-refractivity contribution in [1.29, 1.82) is 0 Å². The number of carbonyl (C=O) groups is 1. The van der Waals surface area contributed by atoms with E-state index in [-0.39, 0.29) is 11.7 Å². The molecule has 3 rings (SSSR count). The van der Waals surface area contributed by atoms with Crippen LogP contribution >= 0.6 is 0 Å². The maximum absolute atomic E-state index is 10.9. The van der Waals surface area contributed by atoms with E-state index in [1.165, 1.54) is 12.4 Å². The number of aliphatic hydroxyl groups excluding tert-OH is 1. The standard InChI is InChI=1S/C13H13N3O3/c17-9-3-4-16(6-9)12-10-2-1-8(13(18)19)5-11(10)14-7-15-12/h1-2,5,7,9,17H,3-4,6H2,(H,18,19). The van der Waals surface area contributed by atoms with Crippen molar-refractivity contribution >= 4 is 22.7 Å². The van der Waals surface area contributed by atoms with Crippen molar-refractivity contribution in [1.82, 2.24) is 9.97 Å². The Morgan fingerprint density at radius 2 is 2.21 bits per heavy atom. The van der Waals surface area contributed by atoms with Gasteiger partial charge in [-0.2, -0.15) is 0 Å². The zero-order valence-corrected chi connectivity index (χ0v) is 10.2. The second-order valence-electron chi connectivity index (χ2n) is 4.62. The highest BCUT2D eigenvalue weighted by atomic mass is 16.4. The molecule has 1 saturated heterocycles. The number of hydrogen-bond acceptors (Lipinski definition) is 5. The summed E-state index contributed by atoms with van der Waals surface area (Å²) in [4.78, 5) is 21.3. The molecule has 0 radical (unpaired) electrons. The minimum atomic E-state index is -0.973. The zero-order chi connectivity index (χ0) is 13.4. The molecule has 2 N–H and O–H groups in total. The van der Waals surface area contributed by atoms with Crippen molar-refractivity contribution in [2.75, 3.05) is 18.0 Å². The van der Waals surface area contributed by atoms with Crippen molar-refractivity contribution < 1.29 is 15.0 Å². The quantitative estimate of drug-likeness (QED) is 0.833. The van der Waals surface area contributed by atoms with Crippen molar-refractivity contribution in [3.63, 3.8) is 0 Å². The van der Waals surface area contributed by atoms with E-state index >= 15 is 0 Å². The van der Waals surface area contributed by atoms with Crippen LogP contribution in [0.5, 0.6) is 0 Å². The number of aromatic carboxylic acids is 1. The van der Waals surface area contributed by atoms with Gasteiger partial charge in [-0.15, -0.1) is 0 Å². The molecule has 2 heterocycles. The predicted octanol–water partition coefficient (Wildman–Crippen LogP) is 0.899. The molecule has 0 spiro atoms. The summed E-state index contributed by atoms with van der Waals surface area (Å²) in [5, 5.41) is 19.4. The number of aromatic nitrogens is 2. The average molecular weight is 259 g/mol. The maximum atomic E-state index is 10.9. The van der Waals surface area contributed by atoms with E-state index in [0.29, 0.717) is 12.1 Å². The molecule has 19 heavy (non-hydrogen) atoms. The van der Waals surface area contributed by atoms with Gasteiger partial charge in [0, 0.05) is 18.5 Å². The lowest BCUT2D eigenvalue weighted by atomic mass is 10.1. The fourth-order valence-corrected chi connectivity index (χ4v) is 2.36. The van der Waals surface area contributed by atoms with Crippen LogP contribution in [-0.4, -0.2) is 45.3 Å². The highest BCUT2D eigenvalue weighted by Crippen LogP contribution is 2.26. The third-order valence-electron chi connectivity index (χ3n) is 3.33. The fraction of sp³-hybridized carbons (Fsp3) is 0.308. The summed E-state index contributed by atoms with van der Waals surface area (Å²) in [7, 11) is 0. The zero-order valence-electron chi connectivity index (χ0n) is 10.2. The molecule has 2 aromatic rings. The molecule has 1 aromatic carbocycles.